The maximum absolute atomic E-state index is 10.1. The molecule has 0 saturated heterocycles. The van der Waals surface area contributed by atoms with Gasteiger partial charge in [0.25, 0.3) is 0 Å². The fourth-order valence-electron chi connectivity index (χ4n) is 2.44. The predicted octanol–water partition coefficient (Wildman–Crippen LogP) is 2.62. The zero-order valence-electron chi connectivity index (χ0n) is 14.0. The highest BCUT2D eigenvalue weighted by atomic mass is 16.3. The van der Waals surface area contributed by atoms with E-state index in [4.69, 9.17) is 5.73 Å². The second-order valence-electron chi connectivity index (χ2n) is 7.50. The summed E-state index contributed by atoms with van der Waals surface area (Å²) in [5, 5.41) is 20.1. The number of benzene rings is 1. The van der Waals surface area contributed by atoms with Gasteiger partial charge in [-0.2, -0.15) is 0 Å². The van der Waals surface area contributed by atoms with Gasteiger partial charge in [0.15, 0.2) is 0 Å². The summed E-state index contributed by atoms with van der Waals surface area (Å²) in [7, 11) is 0. The van der Waals surface area contributed by atoms with Crippen LogP contribution < -0.4 is 5.73 Å². The SMILES string of the molecule is CC(C)C[C@H](O)[C@H](O)[C@@H](N)Cc1ccc(C(C)(C)C)cc1. The molecule has 0 bridgehead atoms. The van der Waals surface area contributed by atoms with Gasteiger partial charge in [-0.3, -0.25) is 0 Å². The van der Waals surface area contributed by atoms with E-state index in [1.807, 2.05) is 13.8 Å². The summed E-state index contributed by atoms with van der Waals surface area (Å²) in [5.74, 6) is 0.341. The molecule has 21 heavy (non-hydrogen) atoms. The van der Waals surface area contributed by atoms with Crippen molar-refractivity contribution < 1.29 is 10.2 Å². The summed E-state index contributed by atoms with van der Waals surface area (Å²) < 4.78 is 0. The summed E-state index contributed by atoms with van der Waals surface area (Å²) >= 11 is 0. The summed E-state index contributed by atoms with van der Waals surface area (Å²) in [6.45, 7) is 10.6. The first-order valence-corrected chi connectivity index (χ1v) is 7.82. The molecule has 0 amide bonds. The van der Waals surface area contributed by atoms with Crippen LogP contribution in [0.2, 0.25) is 0 Å². The van der Waals surface area contributed by atoms with E-state index in [-0.39, 0.29) is 5.41 Å². The maximum atomic E-state index is 10.1. The molecule has 1 rings (SSSR count). The van der Waals surface area contributed by atoms with Crippen LogP contribution in [-0.4, -0.2) is 28.5 Å². The van der Waals surface area contributed by atoms with Crippen LogP contribution in [0, 0.1) is 5.92 Å². The van der Waals surface area contributed by atoms with Crippen LogP contribution in [0.25, 0.3) is 0 Å². The lowest BCUT2D eigenvalue weighted by atomic mass is 9.86. The number of rotatable bonds is 6. The second-order valence-corrected chi connectivity index (χ2v) is 7.50. The average molecular weight is 293 g/mol. The third kappa shape index (κ3) is 5.77. The van der Waals surface area contributed by atoms with Gasteiger partial charge in [-0.25, -0.2) is 0 Å². The molecule has 0 aliphatic rings. The van der Waals surface area contributed by atoms with E-state index < -0.39 is 18.2 Å². The van der Waals surface area contributed by atoms with Crippen LogP contribution >= 0.6 is 0 Å². The predicted molar refractivity (Wildman–Crippen MR) is 88.3 cm³/mol. The highest BCUT2D eigenvalue weighted by Crippen LogP contribution is 2.22. The topological polar surface area (TPSA) is 66.5 Å². The Kier molecular flexibility index (Phi) is 6.39. The van der Waals surface area contributed by atoms with E-state index in [9.17, 15) is 10.2 Å². The Morgan fingerprint density at radius 1 is 1.05 bits per heavy atom. The van der Waals surface area contributed by atoms with Crippen LogP contribution in [0.3, 0.4) is 0 Å². The minimum Gasteiger partial charge on any atom is -0.390 e. The van der Waals surface area contributed by atoms with Gasteiger partial charge in [0, 0.05) is 6.04 Å². The van der Waals surface area contributed by atoms with E-state index >= 15 is 0 Å². The van der Waals surface area contributed by atoms with Crippen LogP contribution in [0.4, 0.5) is 0 Å². The number of hydrogen-bond acceptors (Lipinski definition) is 3. The van der Waals surface area contributed by atoms with Crippen molar-refractivity contribution in [3.8, 4) is 0 Å². The first kappa shape index (κ1) is 18.1. The van der Waals surface area contributed by atoms with Crippen LogP contribution in [0.1, 0.15) is 52.2 Å². The Labute approximate surface area is 129 Å². The normalized spacial score (nSPS) is 16.8. The van der Waals surface area contributed by atoms with Gasteiger partial charge in [0.1, 0.15) is 0 Å². The Balaban J connectivity index is 2.64. The minimum atomic E-state index is -0.880. The van der Waals surface area contributed by atoms with Gasteiger partial charge in [0.2, 0.25) is 0 Å². The molecule has 0 aliphatic heterocycles. The van der Waals surface area contributed by atoms with E-state index in [2.05, 4.69) is 45.0 Å². The Morgan fingerprint density at radius 2 is 1.57 bits per heavy atom. The standard InChI is InChI=1S/C18H31NO2/c1-12(2)10-16(20)17(21)15(19)11-13-6-8-14(9-7-13)18(3,4)5/h6-9,12,15-17,20-21H,10-11,19H2,1-5H3/t15-,16-,17+/m0/s1. The Morgan fingerprint density at radius 3 is 2.00 bits per heavy atom. The molecule has 0 unspecified atom stereocenters. The van der Waals surface area contributed by atoms with E-state index in [1.54, 1.807) is 0 Å². The molecule has 3 atom stereocenters. The van der Waals surface area contributed by atoms with Crippen molar-refractivity contribution in [1.29, 1.82) is 0 Å². The molecule has 0 saturated carbocycles. The molecule has 1 aromatic rings. The number of aliphatic hydroxyl groups excluding tert-OH is 2. The molecule has 120 valence electrons. The lowest BCUT2D eigenvalue weighted by Crippen LogP contribution is -2.44. The lowest BCUT2D eigenvalue weighted by molar-refractivity contribution is -0.00654. The van der Waals surface area contributed by atoms with Crippen molar-refractivity contribution in [2.75, 3.05) is 0 Å². The molecule has 0 aromatic heterocycles. The van der Waals surface area contributed by atoms with Crippen molar-refractivity contribution in [1.82, 2.24) is 0 Å². The molecule has 0 radical (unpaired) electrons. The number of hydrogen-bond donors (Lipinski definition) is 3. The van der Waals surface area contributed by atoms with Crippen LogP contribution in [0.15, 0.2) is 24.3 Å². The van der Waals surface area contributed by atoms with Gasteiger partial charge in [-0.1, -0.05) is 58.9 Å². The van der Waals surface area contributed by atoms with Crippen molar-refractivity contribution >= 4 is 0 Å². The van der Waals surface area contributed by atoms with Gasteiger partial charge in [0.05, 0.1) is 12.2 Å². The van der Waals surface area contributed by atoms with Crippen molar-refractivity contribution in [2.24, 2.45) is 11.7 Å². The third-order valence-electron chi connectivity index (χ3n) is 3.84. The maximum Gasteiger partial charge on any atom is 0.0952 e. The van der Waals surface area contributed by atoms with E-state index in [0.717, 1.165) is 5.56 Å². The van der Waals surface area contributed by atoms with E-state index in [1.165, 1.54) is 5.56 Å². The highest BCUT2D eigenvalue weighted by molar-refractivity contribution is 5.28. The molecule has 3 heteroatoms. The minimum absolute atomic E-state index is 0.133. The zero-order valence-corrected chi connectivity index (χ0v) is 14.0. The van der Waals surface area contributed by atoms with Gasteiger partial charge < -0.3 is 15.9 Å². The molecule has 1 aromatic carbocycles. The quantitative estimate of drug-likeness (QED) is 0.755. The number of nitrogens with two attached hydrogens (primary N) is 1. The van der Waals surface area contributed by atoms with Gasteiger partial charge in [-0.05, 0) is 35.3 Å². The fraction of sp³-hybridized carbons (Fsp3) is 0.667. The molecule has 3 nitrogen and oxygen atoms in total. The zero-order chi connectivity index (χ0) is 16.2. The van der Waals surface area contributed by atoms with Crippen LogP contribution in [0.5, 0.6) is 0 Å². The molecule has 4 N–H and O–H groups in total. The fourth-order valence-corrected chi connectivity index (χ4v) is 2.44. The summed E-state index contributed by atoms with van der Waals surface area (Å²) in [6, 6.07) is 7.89. The highest BCUT2D eigenvalue weighted by Gasteiger charge is 2.24. The van der Waals surface area contributed by atoms with Crippen molar-refractivity contribution in [3.63, 3.8) is 0 Å². The van der Waals surface area contributed by atoms with Gasteiger partial charge >= 0.3 is 0 Å². The molecule has 0 fully saturated rings. The molecular weight excluding hydrogens is 262 g/mol. The Bertz CT molecular complexity index is 420. The second kappa shape index (κ2) is 7.39. The molecular formula is C18H31NO2. The first-order valence-electron chi connectivity index (χ1n) is 7.82. The smallest absolute Gasteiger partial charge is 0.0952 e. The molecule has 0 spiro atoms. The van der Waals surface area contributed by atoms with Crippen LogP contribution in [-0.2, 0) is 11.8 Å². The summed E-state index contributed by atoms with van der Waals surface area (Å²) in [4.78, 5) is 0. The van der Waals surface area contributed by atoms with E-state index in [0.29, 0.717) is 18.8 Å². The molecule has 0 aliphatic carbocycles. The van der Waals surface area contributed by atoms with Gasteiger partial charge in [-0.15, -0.1) is 0 Å². The summed E-state index contributed by atoms with van der Waals surface area (Å²) in [5.41, 5.74) is 8.54. The first-order chi connectivity index (χ1) is 9.61. The summed E-state index contributed by atoms with van der Waals surface area (Å²) in [6.07, 6.45) is -0.498. The average Bonchev–Trinajstić information content (AvgIpc) is 2.36. The monoisotopic (exact) mass is 293 g/mol. The lowest BCUT2D eigenvalue weighted by Gasteiger charge is -2.25. The van der Waals surface area contributed by atoms with Crippen molar-refractivity contribution in [2.45, 2.75) is 71.1 Å². The molecule has 0 heterocycles. The number of aliphatic hydroxyl groups is 2. The largest absolute Gasteiger partial charge is 0.390 e. The van der Waals surface area contributed by atoms with Crippen molar-refractivity contribution in [3.05, 3.63) is 35.4 Å². The Hall–Kier alpha value is -0.900. The third-order valence-corrected chi connectivity index (χ3v) is 3.84.